The molecule has 1 aliphatic carbocycles. The van der Waals surface area contributed by atoms with E-state index in [0.29, 0.717) is 19.7 Å². The first-order chi connectivity index (χ1) is 13.1. The van der Waals surface area contributed by atoms with E-state index in [0.717, 1.165) is 37.7 Å². The normalized spacial score (nSPS) is 20.6. The van der Waals surface area contributed by atoms with Gasteiger partial charge in [-0.05, 0) is 62.3 Å². The van der Waals surface area contributed by atoms with E-state index in [1.54, 1.807) is 0 Å². The van der Waals surface area contributed by atoms with Crippen molar-refractivity contribution in [1.29, 1.82) is 0 Å². The summed E-state index contributed by atoms with van der Waals surface area (Å²) in [4.78, 5) is 16.8. The molecule has 2 N–H and O–H groups in total. The predicted molar refractivity (Wildman–Crippen MR) is 106 cm³/mol. The Morgan fingerprint density at radius 1 is 1.26 bits per heavy atom. The number of rotatable bonds is 8. The Morgan fingerprint density at radius 2 is 2.07 bits per heavy atom. The summed E-state index contributed by atoms with van der Waals surface area (Å²) in [6, 6.07) is 6.26. The standard InChI is InChI=1S/C21H33N3O3/c1-16-3-6-20(13-17(16)2)27-12-8-22-21(26)24-10-9-23(14-18-4-5-18)19(15-24)7-11-25/h3,6,13,18-19,25H,4-5,7-12,14-15H2,1-2H3,(H,22,26)/t19-/m1/s1. The van der Waals surface area contributed by atoms with Crippen molar-refractivity contribution in [2.45, 2.75) is 39.2 Å². The Hall–Kier alpha value is -1.79. The van der Waals surface area contributed by atoms with Gasteiger partial charge in [-0.3, -0.25) is 4.90 Å². The first-order valence-corrected chi connectivity index (χ1v) is 10.1. The first kappa shape index (κ1) is 20.0. The Labute approximate surface area is 162 Å². The van der Waals surface area contributed by atoms with Crippen LogP contribution < -0.4 is 10.1 Å². The minimum Gasteiger partial charge on any atom is -0.492 e. The van der Waals surface area contributed by atoms with E-state index >= 15 is 0 Å². The number of aliphatic hydroxyl groups excluding tert-OH is 1. The number of carbonyl (C=O) groups excluding carboxylic acids is 1. The zero-order valence-electron chi connectivity index (χ0n) is 16.6. The maximum absolute atomic E-state index is 12.5. The lowest BCUT2D eigenvalue weighted by molar-refractivity contribution is 0.0701. The van der Waals surface area contributed by atoms with Gasteiger partial charge >= 0.3 is 6.03 Å². The van der Waals surface area contributed by atoms with Crippen molar-refractivity contribution in [3.8, 4) is 5.75 Å². The Morgan fingerprint density at radius 3 is 2.78 bits per heavy atom. The van der Waals surface area contributed by atoms with Crippen LogP contribution in [-0.2, 0) is 0 Å². The Balaban J connectivity index is 1.40. The van der Waals surface area contributed by atoms with Crippen LogP contribution in [0.1, 0.15) is 30.4 Å². The molecule has 1 aliphatic heterocycles. The predicted octanol–water partition coefficient (Wildman–Crippen LogP) is 2.17. The van der Waals surface area contributed by atoms with Crippen LogP contribution in [-0.4, -0.2) is 72.9 Å². The minimum absolute atomic E-state index is 0.0345. The van der Waals surface area contributed by atoms with Gasteiger partial charge in [0.25, 0.3) is 0 Å². The van der Waals surface area contributed by atoms with Crippen LogP contribution >= 0.6 is 0 Å². The molecular formula is C21H33N3O3. The molecule has 3 rings (SSSR count). The van der Waals surface area contributed by atoms with Crippen LogP contribution in [0.4, 0.5) is 4.79 Å². The van der Waals surface area contributed by atoms with Crippen LogP contribution in [0.5, 0.6) is 5.75 Å². The van der Waals surface area contributed by atoms with E-state index in [9.17, 15) is 9.90 Å². The molecule has 0 radical (unpaired) electrons. The average Bonchev–Trinajstić information content (AvgIpc) is 3.47. The lowest BCUT2D eigenvalue weighted by Gasteiger charge is -2.41. The number of ether oxygens (including phenoxy) is 1. The number of benzene rings is 1. The van der Waals surface area contributed by atoms with Crippen LogP contribution in [0.15, 0.2) is 18.2 Å². The monoisotopic (exact) mass is 375 g/mol. The molecule has 6 heteroatoms. The molecule has 0 unspecified atom stereocenters. The van der Waals surface area contributed by atoms with E-state index in [2.05, 4.69) is 24.1 Å². The maximum Gasteiger partial charge on any atom is 0.317 e. The number of aliphatic hydroxyl groups is 1. The van der Waals surface area contributed by atoms with Crippen LogP contribution in [0.25, 0.3) is 0 Å². The molecule has 27 heavy (non-hydrogen) atoms. The summed E-state index contributed by atoms with van der Waals surface area (Å²) < 4.78 is 5.73. The van der Waals surface area contributed by atoms with Gasteiger partial charge < -0.3 is 20.1 Å². The van der Waals surface area contributed by atoms with Crippen LogP contribution in [0, 0.1) is 19.8 Å². The number of carbonyl (C=O) groups is 1. The van der Waals surface area contributed by atoms with E-state index in [1.807, 2.05) is 23.1 Å². The zero-order chi connectivity index (χ0) is 19.2. The molecule has 1 heterocycles. The van der Waals surface area contributed by atoms with Gasteiger partial charge in [-0.2, -0.15) is 0 Å². The summed E-state index contributed by atoms with van der Waals surface area (Å²) in [7, 11) is 0. The van der Waals surface area contributed by atoms with Gasteiger partial charge in [-0.15, -0.1) is 0 Å². The second kappa shape index (κ2) is 9.42. The average molecular weight is 376 g/mol. The molecule has 1 atom stereocenters. The van der Waals surface area contributed by atoms with E-state index in [4.69, 9.17) is 4.74 Å². The molecule has 1 saturated heterocycles. The molecule has 150 valence electrons. The first-order valence-electron chi connectivity index (χ1n) is 10.1. The SMILES string of the molecule is Cc1ccc(OCCNC(=O)N2CCN(CC3CC3)[C@H](CCO)C2)cc1C. The molecule has 1 aromatic rings. The lowest BCUT2D eigenvalue weighted by atomic mass is 10.1. The third kappa shape index (κ3) is 5.84. The zero-order valence-corrected chi connectivity index (χ0v) is 16.6. The molecule has 1 saturated carbocycles. The Bertz CT molecular complexity index is 633. The summed E-state index contributed by atoms with van der Waals surface area (Å²) in [6.45, 7) is 8.70. The summed E-state index contributed by atoms with van der Waals surface area (Å²) in [6.07, 6.45) is 3.38. The van der Waals surface area contributed by atoms with E-state index in [1.165, 1.54) is 24.0 Å². The topological polar surface area (TPSA) is 65.0 Å². The number of urea groups is 1. The lowest BCUT2D eigenvalue weighted by Crippen LogP contribution is -2.57. The third-order valence-corrected chi connectivity index (χ3v) is 5.67. The summed E-state index contributed by atoms with van der Waals surface area (Å²) in [5, 5.41) is 12.3. The number of hydrogen-bond donors (Lipinski definition) is 2. The number of piperazine rings is 1. The number of aryl methyl sites for hydroxylation is 2. The van der Waals surface area contributed by atoms with Gasteiger partial charge in [0.1, 0.15) is 12.4 Å². The largest absolute Gasteiger partial charge is 0.492 e. The number of nitrogens with one attached hydrogen (secondary N) is 1. The molecule has 2 fully saturated rings. The van der Waals surface area contributed by atoms with Crippen molar-refractivity contribution in [3.05, 3.63) is 29.3 Å². The van der Waals surface area contributed by atoms with Gasteiger partial charge in [0.2, 0.25) is 0 Å². The van der Waals surface area contributed by atoms with Gasteiger partial charge in [-0.1, -0.05) is 6.07 Å². The highest BCUT2D eigenvalue weighted by molar-refractivity contribution is 5.74. The molecule has 2 aliphatic rings. The fourth-order valence-electron chi connectivity index (χ4n) is 3.61. The van der Waals surface area contributed by atoms with Crippen LogP contribution in [0.2, 0.25) is 0 Å². The highest BCUT2D eigenvalue weighted by Crippen LogP contribution is 2.31. The second-order valence-corrected chi connectivity index (χ2v) is 7.88. The Kier molecular flexibility index (Phi) is 6.96. The number of amides is 2. The molecule has 0 aromatic heterocycles. The van der Waals surface area contributed by atoms with Crippen molar-refractivity contribution < 1.29 is 14.6 Å². The van der Waals surface area contributed by atoms with E-state index < -0.39 is 0 Å². The van der Waals surface area contributed by atoms with Gasteiger partial charge in [0.15, 0.2) is 0 Å². The quantitative estimate of drug-likeness (QED) is 0.684. The highest BCUT2D eigenvalue weighted by atomic mass is 16.5. The fraction of sp³-hybridized carbons (Fsp3) is 0.667. The summed E-state index contributed by atoms with van der Waals surface area (Å²) in [5.74, 6) is 1.66. The molecule has 0 spiro atoms. The van der Waals surface area contributed by atoms with Crippen molar-refractivity contribution in [2.24, 2.45) is 5.92 Å². The van der Waals surface area contributed by atoms with Crippen molar-refractivity contribution in [2.75, 3.05) is 45.9 Å². The summed E-state index contributed by atoms with van der Waals surface area (Å²) in [5.41, 5.74) is 2.45. The summed E-state index contributed by atoms with van der Waals surface area (Å²) >= 11 is 0. The second-order valence-electron chi connectivity index (χ2n) is 7.88. The van der Waals surface area contributed by atoms with E-state index in [-0.39, 0.29) is 18.7 Å². The van der Waals surface area contributed by atoms with Crippen molar-refractivity contribution in [1.82, 2.24) is 15.1 Å². The van der Waals surface area contributed by atoms with Gasteiger partial charge in [-0.25, -0.2) is 4.79 Å². The number of nitrogens with zero attached hydrogens (tertiary/aromatic N) is 2. The molecule has 2 amide bonds. The van der Waals surface area contributed by atoms with Crippen molar-refractivity contribution in [3.63, 3.8) is 0 Å². The van der Waals surface area contributed by atoms with Gasteiger partial charge in [0.05, 0.1) is 6.54 Å². The van der Waals surface area contributed by atoms with Crippen molar-refractivity contribution >= 4 is 6.03 Å². The maximum atomic E-state index is 12.5. The highest BCUT2D eigenvalue weighted by Gasteiger charge is 2.33. The molecular weight excluding hydrogens is 342 g/mol. The minimum atomic E-state index is -0.0345. The third-order valence-electron chi connectivity index (χ3n) is 5.67. The van der Waals surface area contributed by atoms with Crippen LogP contribution in [0.3, 0.4) is 0 Å². The molecule has 1 aromatic carbocycles. The fourth-order valence-corrected chi connectivity index (χ4v) is 3.61. The molecule has 0 bridgehead atoms. The smallest absolute Gasteiger partial charge is 0.317 e. The van der Waals surface area contributed by atoms with Gasteiger partial charge in [0, 0.05) is 38.8 Å². The molecule has 6 nitrogen and oxygen atoms in total. The number of hydrogen-bond acceptors (Lipinski definition) is 4.